The Morgan fingerprint density at radius 2 is 1.42 bits per heavy atom. The summed E-state index contributed by atoms with van der Waals surface area (Å²) in [5.41, 5.74) is 3.66. The molecular formula is C36H40N2O6S. The average Bonchev–Trinajstić information content (AvgIpc) is 3.03. The smallest absolute Gasteiger partial charge is 0.335 e. The van der Waals surface area contributed by atoms with E-state index in [9.17, 15) is 19.8 Å². The molecule has 8 rings (SSSR count). The number of nitrogens with one attached hydrogen (secondary N) is 2. The number of aliphatic hydroxyl groups excluding tert-OH is 1. The number of carbonyl (C=O) groups excluding carboxylic acids is 1. The maximum atomic E-state index is 13.1. The number of hydrogen-bond acceptors (Lipinski definition) is 6. The molecule has 236 valence electrons. The van der Waals surface area contributed by atoms with Crippen LogP contribution in [0.3, 0.4) is 0 Å². The number of thioether (sulfide) groups is 1. The van der Waals surface area contributed by atoms with Crippen molar-refractivity contribution < 1.29 is 29.3 Å². The summed E-state index contributed by atoms with van der Waals surface area (Å²) in [5.74, 6) is 2.02. The number of aliphatic hydroxyl groups is 1. The molecule has 3 aromatic rings. The van der Waals surface area contributed by atoms with Crippen molar-refractivity contribution in [2.75, 3.05) is 11.1 Å². The molecule has 4 N–H and O–H groups in total. The van der Waals surface area contributed by atoms with E-state index in [4.69, 9.17) is 9.47 Å². The second-order valence-corrected chi connectivity index (χ2v) is 14.5. The summed E-state index contributed by atoms with van der Waals surface area (Å²) < 4.78 is 12.9. The van der Waals surface area contributed by atoms with E-state index in [1.54, 1.807) is 23.9 Å². The minimum atomic E-state index is -0.943. The molecule has 0 spiro atoms. The summed E-state index contributed by atoms with van der Waals surface area (Å²) >= 11 is 1.62. The molecule has 4 aliphatic carbocycles. The number of hydrogen-bond donors (Lipinski definition) is 4. The summed E-state index contributed by atoms with van der Waals surface area (Å²) in [6.07, 6.45) is 7.06. The van der Waals surface area contributed by atoms with E-state index in [0.29, 0.717) is 12.2 Å². The summed E-state index contributed by atoms with van der Waals surface area (Å²) in [6, 6.07) is 22.2. The number of carbonyl (C=O) groups is 2. The molecule has 1 aliphatic heterocycles. The quantitative estimate of drug-likeness (QED) is 0.184. The summed E-state index contributed by atoms with van der Waals surface area (Å²) in [5, 5.41) is 25.1. The van der Waals surface area contributed by atoms with Crippen LogP contribution in [0.5, 0.6) is 0 Å². The molecule has 5 fully saturated rings. The maximum Gasteiger partial charge on any atom is 0.335 e. The molecule has 9 heteroatoms. The van der Waals surface area contributed by atoms with Crippen LogP contribution in [0.2, 0.25) is 0 Å². The molecule has 0 radical (unpaired) electrons. The first-order chi connectivity index (χ1) is 21.8. The van der Waals surface area contributed by atoms with E-state index < -0.39 is 12.3 Å². The van der Waals surface area contributed by atoms with Gasteiger partial charge in [-0.2, -0.15) is 0 Å². The van der Waals surface area contributed by atoms with E-state index in [2.05, 4.69) is 10.6 Å². The molecule has 3 atom stereocenters. The fourth-order valence-electron chi connectivity index (χ4n) is 8.30. The largest absolute Gasteiger partial charge is 0.478 e. The van der Waals surface area contributed by atoms with Gasteiger partial charge >= 0.3 is 12.0 Å². The van der Waals surface area contributed by atoms with Crippen LogP contribution < -0.4 is 10.6 Å². The number of carboxylic acids is 1. The second-order valence-electron chi connectivity index (χ2n) is 13.4. The molecule has 3 aromatic carbocycles. The molecule has 45 heavy (non-hydrogen) atoms. The van der Waals surface area contributed by atoms with Gasteiger partial charge in [-0.3, -0.25) is 0 Å². The highest BCUT2D eigenvalue weighted by Gasteiger charge is 2.51. The number of urea groups is 1. The lowest BCUT2D eigenvalue weighted by Crippen LogP contribution is -2.60. The van der Waals surface area contributed by atoms with Crippen molar-refractivity contribution in [3.63, 3.8) is 0 Å². The fraction of sp³-hybridized carbons (Fsp3) is 0.444. The van der Waals surface area contributed by atoms with Crippen LogP contribution in [-0.4, -0.2) is 39.6 Å². The van der Waals surface area contributed by atoms with Crippen LogP contribution >= 0.6 is 11.8 Å². The van der Waals surface area contributed by atoms with Gasteiger partial charge in [-0.15, -0.1) is 11.8 Å². The lowest BCUT2D eigenvalue weighted by atomic mass is 9.53. The van der Waals surface area contributed by atoms with Crippen LogP contribution in [0.25, 0.3) is 0 Å². The van der Waals surface area contributed by atoms with Gasteiger partial charge < -0.3 is 30.3 Å². The molecule has 4 saturated carbocycles. The van der Waals surface area contributed by atoms with Crippen LogP contribution in [0.15, 0.2) is 77.7 Å². The first-order valence-electron chi connectivity index (χ1n) is 16.0. The normalized spacial score (nSPS) is 30.2. The van der Waals surface area contributed by atoms with Crippen molar-refractivity contribution in [3.8, 4) is 0 Å². The van der Waals surface area contributed by atoms with Crippen LogP contribution in [0.1, 0.15) is 84.4 Å². The number of ether oxygens (including phenoxy) is 2. The monoisotopic (exact) mass is 628 g/mol. The minimum Gasteiger partial charge on any atom is -0.478 e. The van der Waals surface area contributed by atoms with E-state index >= 15 is 0 Å². The maximum absolute atomic E-state index is 13.1. The average molecular weight is 629 g/mol. The number of rotatable bonds is 9. The zero-order chi connectivity index (χ0) is 31.0. The van der Waals surface area contributed by atoms with Gasteiger partial charge in [0.1, 0.15) is 0 Å². The van der Waals surface area contributed by atoms with Crippen molar-refractivity contribution >= 4 is 29.4 Å². The Labute approximate surface area is 267 Å². The third-order valence-electron chi connectivity index (χ3n) is 10.0. The van der Waals surface area contributed by atoms with E-state index in [0.717, 1.165) is 64.3 Å². The predicted molar refractivity (Wildman–Crippen MR) is 172 cm³/mol. The molecule has 8 nitrogen and oxygen atoms in total. The van der Waals surface area contributed by atoms with Crippen molar-refractivity contribution in [1.82, 2.24) is 5.32 Å². The Bertz CT molecular complexity index is 1470. The van der Waals surface area contributed by atoms with Gasteiger partial charge in [-0.05, 0) is 104 Å². The summed E-state index contributed by atoms with van der Waals surface area (Å²) in [7, 11) is 0. The van der Waals surface area contributed by atoms with Crippen molar-refractivity contribution in [1.29, 1.82) is 0 Å². The Hall–Kier alpha value is -3.37. The fourth-order valence-corrected chi connectivity index (χ4v) is 9.22. The topological polar surface area (TPSA) is 117 Å². The Balaban J connectivity index is 1.01. The predicted octanol–water partition coefficient (Wildman–Crippen LogP) is 7.31. The molecule has 1 heterocycles. The zero-order valence-electron chi connectivity index (χ0n) is 25.2. The van der Waals surface area contributed by atoms with Crippen LogP contribution in [0, 0.1) is 17.8 Å². The second kappa shape index (κ2) is 12.8. The SMILES string of the molecule is O=C(Nc1ccc([C@@H]2O[C@H](CSc3ccc(C(=O)O)cc3)C[C@H](c3ccc(CO)cc3)O2)cc1)NC12CC3CC(CC(C3)C1)C2. The highest BCUT2D eigenvalue weighted by molar-refractivity contribution is 7.99. The van der Waals surface area contributed by atoms with Gasteiger partial charge in [0.15, 0.2) is 6.29 Å². The first-order valence-corrected chi connectivity index (χ1v) is 17.0. The third kappa shape index (κ3) is 6.92. The van der Waals surface area contributed by atoms with Gasteiger partial charge in [0, 0.05) is 33.9 Å². The molecule has 0 unspecified atom stereocenters. The lowest BCUT2D eigenvalue weighted by molar-refractivity contribution is -0.245. The van der Waals surface area contributed by atoms with E-state index in [-0.39, 0.29) is 35.9 Å². The van der Waals surface area contributed by atoms with Crippen LogP contribution in [-0.2, 0) is 16.1 Å². The van der Waals surface area contributed by atoms with E-state index in [1.165, 1.54) is 19.3 Å². The lowest BCUT2D eigenvalue weighted by Gasteiger charge is -2.56. The molecule has 4 bridgehead atoms. The summed E-state index contributed by atoms with van der Waals surface area (Å²) in [6.45, 7) is -0.0155. The molecule has 1 saturated heterocycles. The van der Waals surface area contributed by atoms with Gasteiger partial charge in [-0.1, -0.05) is 36.4 Å². The Morgan fingerprint density at radius 3 is 2.02 bits per heavy atom. The zero-order valence-corrected chi connectivity index (χ0v) is 26.0. The van der Waals surface area contributed by atoms with Gasteiger partial charge in [0.25, 0.3) is 0 Å². The number of benzene rings is 3. The third-order valence-corrected chi connectivity index (χ3v) is 11.2. The first kappa shape index (κ1) is 30.3. The van der Waals surface area contributed by atoms with Gasteiger partial charge in [0.2, 0.25) is 0 Å². The number of anilines is 1. The van der Waals surface area contributed by atoms with Gasteiger partial charge in [-0.25, -0.2) is 9.59 Å². The van der Waals surface area contributed by atoms with Crippen LogP contribution in [0.4, 0.5) is 10.5 Å². The highest BCUT2D eigenvalue weighted by Crippen LogP contribution is 2.55. The minimum absolute atomic E-state index is 0.0155. The van der Waals surface area contributed by atoms with Crippen molar-refractivity contribution in [2.24, 2.45) is 17.8 Å². The summed E-state index contributed by atoms with van der Waals surface area (Å²) in [4.78, 5) is 25.3. The Morgan fingerprint density at radius 1 is 0.800 bits per heavy atom. The molecule has 2 amide bonds. The number of aromatic carboxylic acids is 1. The Kier molecular flexibility index (Phi) is 8.61. The molecule has 5 aliphatic rings. The van der Waals surface area contributed by atoms with Crippen molar-refractivity contribution in [3.05, 3.63) is 95.1 Å². The van der Waals surface area contributed by atoms with Crippen molar-refractivity contribution in [2.45, 2.75) is 80.5 Å². The molecule has 0 aromatic heterocycles. The molecular weight excluding hydrogens is 588 g/mol. The van der Waals surface area contributed by atoms with Gasteiger partial charge in [0.05, 0.1) is 24.4 Å². The van der Waals surface area contributed by atoms with E-state index in [1.807, 2.05) is 60.7 Å². The standard InChI is InChI=1S/C36H40N2O6S/c39-20-22-1-3-26(4-2-22)32-16-30(21-45-31-11-7-27(8-12-31)33(40)41)43-34(44-32)28-5-9-29(10-6-28)37-35(42)38-36-17-23-13-24(18-36)15-25(14-23)19-36/h1-12,23-25,30,32,34,39H,13-21H2,(H,40,41)(H2,37,38,42)/t23?,24?,25?,30-,32+,34+,36?/m0/s1. The highest BCUT2D eigenvalue weighted by atomic mass is 32.2. The number of amides is 2. The number of carboxylic acid groups (broad SMARTS) is 1.